The Bertz CT molecular complexity index is 529. The minimum Gasteiger partial charge on any atom is -0.356 e. The fourth-order valence-corrected chi connectivity index (χ4v) is 3.09. The number of hydrogen-bond acceptors (Lipinski definition) is 4. The molecule has 0 radical (unpaired) electrons. The van der Waals surface area contributed by atoms with Crippen LogP contribution >= 0.6 is 0 Å². The topological polar surface area (TPSA) is 55.8 Å². The molecule has 0 unspecified atom stereocenters. The molecule has 0 bridgehead atoms. The molecule has 6 heteroatoms. The van der Waals surface area contributed by atoms with Crippen molar-refractivity contribution < 1.29 is 0 Å². The van der Waals surface area contributed by atoms with Gasteiger partial charge in [-0.3, -0.25) is 4.99 Å². The Morgan fingerprint density at radius 3 is 2.58 bits per heavy atom. The van der Waals surface area contributed by atoms with E-state index in [-0.39, 0.29) is 0 Å². The number of anilines is 1. The van der Waals surface area contributed by atoms with Crippen LogP contribution in [-0.2, 0) is 6.54 Å². The SMILES string of the molecule is CN=C(NCc1ccc(N2CCN(C)CC2)nc1)NCC1CCC1. The van der Waals surface area contributed by atoms with Crippen LogP contribution < -0.4 is 15.5 Å². The van der Waals surface area contributed by atoms with Crippen molar-refractivity contribution in [2.75, 3.05) is 51.7 Å². The number of hydrogen-bond donors (Lipinski definition) is 2. The number of guanidine groups is 1. The Balaban J connectivity index is 1.44. The third kappa shape index (κ3) is 4.60. The summed E-state index contributed by atoms with van der Waals surface area (Å²) in [5.74, 6) is 2.79. The van der Waals surface area contributed by atoms with Crippen LogP contribution in [0.25, 0.3) is 0 Å². The molecule has 132 valence electrons. The lowest BCUT2D eigenvalue weighted by molar-refractivity contribution is 0.312. The highest BCUT2D eigenvalue weighted by Crippen LogP contribution is 2.25. The monoisotopic (exact) mass is 330 g/mol. The highest BCUT2D eigenvalue weighted by molar-refractivity contribution is 5.79. The van der Waals surface area contributed by atoms with Gasteiger partial charge in [-0.15, -0.1) is 0 Å². The second-order valence-corrected chi connectivity index (χ2v) is 6.92. The standard InChI is InChI=1S/C18H30N6/c1-19-18(21-12-15-4-3-5-15)22-14-16-6-7-17(20-13-16)24-10-8-23(2)9-11-24/h6-7,13,15H,3-5,8-12,14H2,1-2H3,(H2,19,21,22). The zero-order valence-corrected chi connectivity index (χ0v) is 15.0. The molecule has 0 atom stereocenters. The van der Waals surface area contributed by atoms with Crippen LogP contribution in [-0.4, -0.2) is 62.7 Å². The number of aliphatic imine (C=N–C) groups is 1. The fourth-order valence-electron chi connectivity index (χ4n) is 3.09. The first-order valence-corrected chi connectivity index (χ1v) is 9.07. The number of rotatable bonds is 5. The third-order valence-electron chi connectivity index (χ3n) is 5.10. The van der Waals surface area contributed by atoms with Crippen LogP contribution in [0.4, 0.5) is 5.82 Å². The molecule has 1 aliphatic carbocycles. The van der Waals surface area contributed by atoms with Gasteiger partial charge in [-0.1, -0.05) is 12.5 Å². The number of piperazine rings is 1. The summed E-state index contributed by atoms with van der Waals surface area (Å²) >= 11 is 0. The maximum Gasteiger partial charge on any atom is 0.191 e. The van der Waals surface area contributed by atoms with Gasteiger partial charge in [0.1, 0.15) is 5.82 Å². The first-order valence-electron chi connectivity index (χ1n) is 9.07. The molecule has 1 aromatic rings. The highest BCUT2D eigenvalue weighted by atomic mass is 15.3. The summed E-state index contributed by atoms with van der Waals surface area (Å²) in [6.45, 7) is 6.10. The van der Waals surface area contributed by atoms with E-state index in [0.29, 0.717) is 0 Å². The van der Waals surface area contributed by atoms with Crippen molar-refractivity contribution in [3.8, 4) is 0 Å². The minimum absolute atomic E-state index is 0.750. The lowest BCUT2D eigenvalue weighted by Crippen LogP contribution is -2.44. The predicted molar refractivity (Wildman–Crippen MR) is 99.5 cm³/mol. The molecule has 3 rings (SSSR count). The summed E-state index contributed by atoms with van der Waals surface area (Å²) in [5.41, 5.74) is 1.18. The number of pyridine rings is 1. The van der Waals surface area contributed by atoms with Gasteiger partial charge in [0.25, 0.3) is 0 Å². The normalized spacial score (nSPS) is 19.9. The molecule has 0 aromatic carbocycles. The quantitative estimate of drug-likeness (QED) is 0.629. The van der Waals surface area contributed by atoms with Gasteiger partial charge < -0.3 is 20.4 Å². The van der Waals surface area contributed by atoms with Crippen molar-refractivity contribution in [3.63, 3.8) is 0 Å². The lowest BCUT2D eigenvalue weighted by atomic mass is 9.85. The summed E-state index contributed by atoms with van der Waals surface area (Å²) in [5, 5.41) is 6.79. The summed E-state index contributed by atoms with van der Waals surface area (Å²) in [6.07, 6.45) is 6.05. The smallest absolute Gasteiger partial charge is 0.191 e. The average Bonchev–Trinajstić information content (AvgIpc) is 2.57. The van der Waals surface area contributed by atoms with Gasteiger partial charge >= 0.3 is 0 Å². The van der Waals surface area contributed by atoms with E-state index in [1.165, 1.54) is 24.8 Å². The average molecular weight is 330 g/mol. The van der Waals surface area contributed by atoms with E-state index < -0.39 is 0 Å². The third-order valence-corrected chi connectivity index (χ3v) is 5.10. The molecular formula is C18H30N6. The Morgan fingerprint density at radius 1 is 1.21 bits per heavy atom. The van der Waals surface area contributed by atoms with Crippen LogP contribution in [0.1, 0.15) is 24.8 Å². The van der Waals surface area contributed by atoms with E-state index in [1.807, 2.05) is 13.2 Å². The second kappa shape index (κ2) is 8.33. The van der Waals surface area contributed by atoms with Crippen LogP contribution in [0.3, 0.4) is 0 Å². The molecule has 2 heterocycles. The zero-order valence-electron chi connectivity index (χ0n) is 15.0. The second-order valence-electron chi connectivity index (χ2n) is 6.92. The van der Waals surface area contributed by atoms with Gasteiger partial charge in [0.05, 0.1) is 0 Å². The first-order chi connectivity index (χ1) is 11.7. The van der Waals surface area contributed by atoms with E-state index in [9.17, 15) is 0 Å². The van der Waals surface area contributed by atoms with E-state index in [2.05, 4.69) is 49.6 Å². The summed E-state index contributed by atoms with van der Waals surface area (Å²) in [4.78, 5) is 13.6. The molecule has 24 heavy (non-hydrogen) atoms. The zero-order chi connectivity index (χ0) is 16.8. The van der Waals surface area contributed by atoms with Crippen LogP contribution in [0, 0.1) is 5.92 Å². The molecule has 1 saturated heterocycles. The predicted octanol–water partition coefficient (Wildman–Crippen LogP) is 1.30. The number of nitrogens with zero attached hydrogens (tertiary/aromatic N) is 4. The molecule has 2 fully saturated rings. The van der Waals surface area contributed by atoms with Gasteiger partial charge in [-0.05, 0) is 37.4 Å². The molecule has 6 nitrogen and oxygen atoms in total. The summed E-state index contributed by atoms with van der Waals surface area (Å²) in [7, 11) is 4.00. The molecule has 0 amide bonds. The molecular weight excluding hydrogens is 300 g/mol. The number of likely N-dealkylation sites (N-methyl/N-ethyl adjacent to an activating group) is 1. The van der Waals surface area contributed by atoms with Crippen molar-refractivity contribution in [2.24, 2.45) is 10.9 Å². The maximum absolute atomic E-state index is 4.63. The van der Waals surface area contributed by atoms with E-state index in [0.717, 1.165) is 57.0 Å². The molecule has 2 aliphatic rings. The Labute approximate surface area is 145 Å². The lowest BCUT2D eigenvalue weighted by Gasteiger charge is -2.33. The van der Waals surface area contributed by atoms with E-state index in [1.54, 1.807) is 0 Å². The Hall–Kier alpha value is -1.82. The van der Waals surface area contributed by atoms with E-state index >= 15 is 0 Å². The van der Waals surface area contributed by atoms with Crippen molar-refractivity contribution >= 4 is 11.8 Å². The van der Waals surface area contributed by atoms with Crippen molar-refractivity contribution in [2.45, 2.75) is 25.8 Å². The molecule has 2 N–H and O–H groups in total. The van der Waals surface area contributed by atoms with Crippen molar-refractivity contribution in [1.82, 2.24) is 20.5 Å². The summed E-state index contributed by atoms with van der Waals surface area (Å²) in [6, 6.07) is 4.29. The van der Waals surface area contributed by atoms with Gasteiger partial charge in [-0.25, -0.2) is 4.98 Å². The number of nitrogens with one attached hydrogen (secondary N) is 2. The van der Waals surface area contributed by atoms with Crippen LogP contribution in [0.15, 0.2) is 23.3 Å². The van der Waals surface area contributed by atoms with Gasteiger partial charge in [0.2, 0.25) is 0 Å². The van der Waals surface area contributed by atoms with Gasteiger partial charge in [0.15, 0.2) is 5.96 Å². The molecule has 1 saturated carbocycles. The van der Waals surface area contributed by atoms with E-state index in [4.69, 9.17) is 0 Å². The fraction of sp³-hybridized carbons (Fsp3) is 0.667. The largest absolute Gasteiger partial charge is 0.356 e. The molecule has 1 aliphatic heterocycles. The Kier molecular flexibility index (Phi) is 5.91. The first kappa shape index (κ1) is 17.0. The van der Waals surface area contributed by atoms with Crippen molar-refractivity contribution in [3.05, 3.63) is 23.9 Å². The number of aromatic nitrogens is 1. The van der Waals surface area contributed by atoms with Crippen LogP contribution in [0.5, 0.6) is 0 Å². The minimum atomic E-state index is 0.750. The van der Waals surface area contributed by atoms with Crippen molar-refractivity contribution in [1.29, 1.82) is 0 Å². The molecule has 1 aromatic heterocycles. The summed E-state index contributed by atoms with van der Waals surface area (Å²) < 4.78 is 0. The van der Waals surface area contributed by atoms with Crippen LogP contribution in [0.2, 0.25) is 0 Å². The van der Waals surface area contributed by atoms with Gasteiger partial charge in [-0.2, -0.15) is 0 Å². The molecule has 0 spiro atoms. The highest BCUT2D eigenvalue weighted by Gasteiger charge is 2.17. The Morgan fingerprint density at radius 2 is 2.00 bits per heavy atom. The van der Waals surface area contributed by atoms with Gasteiger partial charge in [0, 0.05) is 52.5 Å². The maximum atomic E-state index is 4.63.